The molecule has 3 aromatic rings. The lowest BCUT2D eigenvalue weighted by atomic mass is 10.1. The van der Waals surface area contributed by atoms with Crippen molar-refractivity contribution in [1.29, 1.82) is 0 Å². The van der Waals surface area contributed by atoms with Crippen molar-refractivity contribution in [3.63, 3.8) is 0 Å². The average Bonchev–Trinajstić information content (AvgIpc) is 3.21. The molecular formula is C21H22ClN3O4. The van der Waals surface area contributed by atoms with E-state index in [4.69, 9.17) is 20.9 Å². The third-order valence-electron chi connectivity index (χ3n) is 4.62. The fraction of sp³-hybridized carbons (Fsp3) is 0.286. The summed E-state index contributed by atoms with van der Waals surface area (Å²) in [6.45, 7) is 2.68. The number of benzene rings is 1. The molecule has 0 unspecified atom stereocenters. The van der Waals surface area contributed by atoms with Gasteiger partial charge in [0.1, 0.15) is 17.5 Å². The Kier molecular flexibility index (Phi) is 6.85. The zero-order valence-electron chi connectivity index (χ0n) is 16.3. The molecule has 0 atom stereocenters. The number of carbonyl (C=O) groups excluding carboxylic acids is 1. The fourth-order valence-corrected chi connectivity index (χ4v) is 3.42. The van der Waals surface area contributed by atoms with E-state index in [0.717, 1.165) is 11.3 Å². The van der Waals surface area contributed by atoms with Gasteiger partial charge in [0.05, 0.1) is 18.8 Å². The molecule has 1 N–H and O–H groups in total. The maximum Gasteiger partial charge on any atom is 0.257 e. The van der Waals surface area contributed by atoms with Gasteiger partial charge in [0.15, 0.2) is 5.43 Å². The first-order chi connectivity index (χ1) is 14.0. The van der Waals surface area contributed by atoms with Crippen LogP contribution in [0.1, 0.15) is 33.0 Å². The van der Waals surface area contributed by atoms with Crippen molar-refractivity contribution < 1.29 is 14.1 Å². The van der Waals surface area contributed by atoms with Gasteiger partial charge < -0.3 is 19.1 Å². The van der Waals surface area contributed by atoms with Crippen LogP contribution in [0.25, 0.3) is 0 Å². The van der Waals surface area contributed by atoms with Gasteiger partial charge in [0.2, 0.25) is 0 Å². The molecule has 0 radical (unpaired) electrons. The minimum absolute atomic E-state index is 0.0695. The highest BCUT2D eigenvalue weighted by Crippen LogP contribution is 2.18. The molecule has 0 saturated carbocycles. The average molecular weight is 416 g/mol. The van der Waals surface area contributed by atoms with Crippen LogP contribution in [0.5, 0.6) is 0 Å². The third-order valence-corrected chi connectivity index (χ3v) is 4.99. The summed E-state index contributed by atoms with van der Waals surface area (Å²) >= 11 is 6.27. The molecule has 0 spiro atoms. The number of carbonyl (C=O) groups is 1. The zero-order chi connectivity index (χ0) is 20.8. The summed E-state index contributed by atoms with van der Waals surface area (Å²) in [5.41, 5.74) is 2.57. The number of ether oxygens (including phenoxy) is 1. The van der Waals surface area contributed by atoms with E-state index in [-0.39, 0.29) is 24.1 Å². The second-order valence-electron chi connectivity index (χ2n) is 6.57. The Labute approximate surface area is 173 Å². The number of aromatic nitrogens is 2. The van der Waals surface area contributed by atoms with Gasteiger partial charge in [0.25, 0.3) is 5.91 Å². The van der Waals surface area contributed by atoms with Crippen molar-refractivity contribution in [3.05, 3.63) is 86.1 Å². The molecule has 0 saturated heterocycles. The van der Waals surface area contributed by atoms with Crippen molar-refractivity contribution in [1.82, 2.24) is 15.0 Å². The molecule has 0 fully saturated rings. The van der Waals surface area contributed by atoms with E-state index in [9.17, 15) is 9.59 Å². The van der Waals surface area contributed by atoms with Crippen LogP contribution >= 0.6 is 11.6 Å². The Hall–Kier alpha value is -2.90. The molecule has 0 bridgehead atoms. The van der Waals surface area contributed by atoms with Gasteiger partial charge in [-0.2, -0.15) is 0 Å². The number of hydrogen-bond acceptors (Lipinski definition) is 5. The number of hydrogen-bond donors (Lipinski definition) is 1. The normalized spacial score (nSPS) is 10.9. The predicted molar refractivity (Wildman–Crippen MR) is 109 cm³/mol. The lowest BCUT2D eigenvalue weighted by Crippen LogP contribution is -2.33. The molecule has 2 aromatic heterocycles. The Balaban J connectivity index is 1.91. The van der Waals surface area contributed by atoms with Crippen molar-refractivity contribution in [2.45, 2.75) is 33.0 Å². The van der Waals surface area contributed by atoms with Gasteiger partial charge in [-0.3, -0.25) is 9.59 Å². The summed E-state index contributed by atoms with van der Waals surface area (Å²) < 4.78 is 12.0. The summed E-state index contributed by atoms with van der Waals surface area (Å²) in [5.74, 6) is -0.475. The van der Waals surface area contributed by atoms with Crippen LogP contribution in [0.4, 0.5) is 0 Å². The SMILES string of the molecule is COCc1c(C(=O)NCc2ccon2)c(=O)cc(C)n1CCc1ccccc1Cl. The van der Waals surface area contributed by atoms with E-state index in [1.165, 1.54) is 19.4 Å². The van der Waals surface area contributed by atoms with Crippen LogP contribution in [0.15, 0.2) is 52.0 Å². The largest absolute Gasteiger partial charge is 0.378 e. The number of aryl methyl sites for hydroxylation is 2. The van der Waals surface area contributed by atoms with Crippen LogP contribution in [0.2, 0.25) is 5.02 Å². The molecule has 152 valence electrons. The first-order valence-electron chi connectivity index (χ1n) is 9.14. The van der Waals surface area contributed by atoms with Crippen LogP contribution in [-0.2, 0) is 30.9 Å². The molecule has 7 nitrogen and oxygen atoms in total. The highest BCUT2D eigenvalue weighted by atomic mass is 35.5. The second-order valence-corrected chi connectivity index (χ2v) is 6.98. The van der Waals surface area contributed by atoms with E-state index in [2.05, 4.69) is 10.5 Å². The Bertz CT molecular complexity index is 1040. The number of rotatable bonds is 8. The summed E-state index contributed by atoms with van der Waals surface area (Å²) in [6.07, 6.45) is 2.07. The van der Waals surface area contributed by atoms with Crippen LogP contribution in [-0.4, -0.2) is 22.7 Å². The van der Waals surface area contributed by atoms with Gasteiger partial charge >= 0.3 is 0 Å². The smallest absolute Gasteiger partial charge is 0.257 e. The summed E-state index contributed by atoms with van der Waals surface area (Å²) in [5, 5.41) is 7.16. The fourth-order valence-electron chi connectivity index (χ4n) is 3.19. The molecular weight excluding hydrogens is 394 g/mol. The van der Waals surface area contributed by atoms with Crippen LogP contribution < -0.4 is 10.7 Å². The monoisotopic (exact) mass is 415 g/mol. The minimum atomic E-state index is -0.475. The first-order valence-corrected chi connectivity index (χ1v) is 9.52. The van der Waals surface area contributed by atoms with Gasteiger partial charge in [-0.1, -0.05) is 35.0 Å². The quantitative estimate of drug-likeness (QED) is 0.610. The van der Waals surface area contributed by atoms with Crippen molar-refractivity contribution in [3.8, 4) is 0 Å². The maximum atomic E-state index is 12.8. The van der Waals surface area contributed by atoms with E-state index in [1.54, 1.807) is 6.07 Å². The van der Waals surface area contributed by atoms with E-state index in [1.807, 2.05) is 35.8 Å². The number of halogens is 1. The lowest BCUT2D eigenvalue weighted by molar-refractivity contribution is 0.0941. The topological polar surface area (TPSA) is 86.4 Å². The highest BCUT2D eigenvalue weighted by Gasteiger charge is 2.20. The first kappa shape index (κ1) is 20.8. The Morgan fingerprint density at radius 2 is 2.10 bits per heavy atom. The number of nitrogens with zero attached hydrogens (tertiary/aromatic N) is 2. The highest BCUT2D eigenvalue weighted by molar-refractivity contribution is 6.31. The standard InChI is InChI=1S/C21H22ClN3O4/c1-14-11-19(26)20(21(27)23-12-16-8-10-29-24-16)18(13-28-2)25(14)9-7-15-5-3-4-6-17(15)22/h3-6,8,10-11H,7,9,12-13H2,1-2H3,(H,23,27). The van der Waals surface area contributed by atoms with Crippen molar-refractivity contribution in [2.75, 3.05) is 7.11 Å². The number of pyridine rings is 1. The Morgan fingerprint density at radius 1 is 1.31 bits per heavy atom. The molecule has 1 aromatic carbocycles. The maximum absolute atomic E-state index is 12.8. The Morgan fingerprint density at radius 3 is 2.79 bits per heavy atom. The molecule has 29 heavy (non-hydrogen) atoms. The number of methoxy groups -OCH3 is 1. The van der Waals surface area contributed by atoms with Gasteiger partial charge in [0, 0.05) is 36.5 Å². The van der Waals surface area contributed by atoms with Gasteiger partial charge in [-0.15, -0.1) is 0 Å². The van der Waals surface area contributed by atoms with Crippen LogP contribution in [0.3, 0.4) is 0 Å². The molecule has 0 aliphatic heterocycles. The molecule has 1 amide bonds. The van der Waals surface area contributed by atoms with E-state index < -0.39 is 5.91 Å². The molecule has 0 aliphatic rings. The van der Waals surface area contributed by atoms with Crippen molar-refractivity contribution in [2.24, 2.45) is 0 Å². The predicted octanol–water partition coefficient (Wildman–Crippen LogP) is 3.12. The number of amides is 1. The van der Waals surface area contributed by atoms with Gasteiger partial charge in [-0.05, 0) is 25.0 Å². The lowest BCUT2D eigenvalue weighted by Gasteiger charge is -2.20. The third kappa shape index (κ3) is 4.93. The zero-order valence-corrected chi connectivity index (χ0v) is 17.0. The molecule has 3 rings (SSSR count). The molecule has 2 heterocycles. The summed E-state index contributed by atoms with van der Waals surface area (Å²) in [6, 6.07) is 10.7. The molecule has 8 heteroatoms. The van der Waals surface area contributed by atoms with E-state index >= 15 is 0 Å². The van der Waals surface area contributed by atoms with E-state index in [0.29, 0.717) is 29.4 Å². The summed E-state index contributed by atoms with van der Waals surface area (Å²) in [4.78, 5) is 25.4. The van der Waals surface area contributed by atoms with Crippen LogP contribution in [0, 0.1) is 6.92 Å². The van der Waals surface area contributed by atoms with Crippen molar-refractivity contribution >= 4 is 17.5 Å². The molecule has 0 aliphatic carbocycles. The second kappa shape index (κ2) is 9.54. The van der Waals surface area contributed by atoms with Gasteiger partial charge in [-0.25, -0.2) is 0 Å². The number of nitrogens with one attached hydrogen (secondary N) is 1. The minimum Gasteiger partial charge on any atom is -0.378 e. The summed E-state index contributed by atoms with van der Waals surface area (Å²) in [7, 11) is 1.53.